The van der Waals surface area contributed by atoms with Crippen molar-refractivity contribution in [3.8, 4) is 5.75 Å². The van der Waals surface area contributed by atoms with Crippen LogP contribution < -0.4 is 15.4 Å². The summed E-state index contributed by atoms with van der Waals surface area (Å²) in [6, 6.07) is 13.5. The number of halogens is 1. The molecule has 2 N–H and O–H groups in total. The molecule has 3 aromatic rings. The number of carbonyl (C=O) groups excluding carboxylic acids is 2. The molecule has 0 aliphatic heterocycles. The highest BCUT2D eigenvalue weighted by Crippen LogP contribution is 2.22. The van der Waals surface area contributed by atoms with Crippen molar-refractivity contribution in [2.45, 2.75) is 31.6 Å². The Bertz CT molecular complexity index is 1090. The fourth-order valence-electron chi connectivity index (χ4n) is 3.00. The van der Waals surface area contributed by atoms with Gasteiger partial charge in [0.05, 0.1) is 18.9 Å². The quantitative estimate of drug-likeness (QED) is 0.452. The van der Waals surface area contributed by atoms with Crippen LogP contribution in [0, 0.1) is 0 Å². The maximum Gasteiger partial charge on any atom is 0.251 e. The molecule has 0 saturated carbocycles. The first-order valence-electron chi connectivity index (χ1n) is 9.97. The Morgan fingerprint density at radius 2 is 1.94 bits per heavy atom. The Morgan fingerprint density at radius 1 is 1.19 bits per heavy atom. The van der Waals surface area contributed by atoms with Crippen molar-refractivity contribution in [2.24, 2.45) is 0 Å². The van der Waals surface area contributed by atoms with E-state index in [2.05, 4.69) is 20.8 Å². The van der Waals surface area contributed by atoms with E-state index in [1.165, 1.54) is 11.8 Å². The predicted molar refractivity (Wildman–Crippen MR) is 125 cm³/mol. The van der Waals surface area contributed by atoms with Gasteiger partial charge in [-0.3, -0.25) is 9.59 Å². The lowest BCUT2D eigenvalue weighted by atomic mass is 10.2. The number of methoxy groups -OCH3 is 1. The van der Waals surface area contributed by atoms with E-state index in [1.807, 2.05) is 24.5 Å². The summed E-state index contributed by atoms with van der Waals surface area (Å²) in [7, 11) is 1.57. The van der Waals surface area contributed by atoms with Crippen molar-refractivity contribution in [3.63, 3.8) is 0 Å². The van der Waals surface area contributed by atoms with Gasteiger partial charge in [-0.25, -0.2) is 0 Å². The van der Waals surface area contributed by atoms with Crippen LogP contribution in [0.2, 0.25) is 5.02 Å². The lowest BCUT2D eigenvalue weighted by Gasteiger charge is -2.15. The molecule has 10 heteroatoms. The molecule has 1 heterocycles. The Kier molecular flexibility index (Phi) is 8.13. The minimum atomic E-state index is -0.370. The molecule has 0 saturated heterocycles. The maximum atomic E-state index is 12.5. The van der Waals surface area contributed by atoms with Gasteiger partial charge in [-0.1, -0.05) is 29.4 Å². The molecular weight excluding hydrogens is 450 g/mol. The van der Waals surface area contributed by atoms with Gasteiger partial charge >= 0.3 is 0 Å². The molecule has 2 aromatic carbocycles. The van der Waals surface area contributed by atoms with E-state index in [9.17, 15) is 9.59 Å². The fraction of sp³-hybridized carbons (Fsp3) is 0.273. The van der Waals surface area contributed by atoms with Crippen molar-refractivity contribution >= 4 is 40.9 Å². The molecule has 32 heavy (non-hydrogen) atoms. The SMILES string of the molecule is CCn1c(SCC(=O)Nc2cccc(OC)c2)nnc1[C@@H](C)NC(=O)c1ccc(Cl)cc1. The van der Waals surface area contributed by atoms with Crippen molar-refractivity contribution in [3.05, 3.63) is 64.9 Å². The van der Waals surface area contributed by atoms with Gasteiger partial charge in [0.15, 0.2) is 11.0 Å². The average Bonchev–Trinajstić information content (AvgIpc) is 3.21. The molecule has 1 aromatic heterocycles. The standard InChI is InChI=1S/C22H24ClN5O3S/c1-4-28-20(14(2)24-21(30)15-8-10-16(23)11-9-15)26-27-22(28)32-13-19(29)25-17-6-5-7-18(12-17)31-3/h5-12,14H,4,13H2,1-3H3,(H,24,30)(H,25,29)/t14-/m1/s1. The van der Waals surface area contributed by atoms with Crippen molar-refractivity contribution in [1.82, 2.24) is 20.1 Å². The van der Waals surface area contributed by atoms with Crippen LogP contribution >= 0.6 is 23.4 Å². The van der Waals surface area contributed by atoms with Gasteiger partial charge in [0.2, 0.25) is 5.91 Å². The van der Waals surface area contributed by atoms with E-state index in [4.69, 9.17) is 16.3 Å². The number of nitrogens with one attached hydrogen (secondary N) is 2. The molecule has 8 nitrogen and oxygen atoms in total. The molecule has 2 amide bonds. The Balaban J connectivity index is 1.61. The Morgan fingerprint density at radius 3 is 2.62 bits per heavy atom. The first-order valence-corrected chi connectivity index (χ1v) is 11.3. The number of nitrogens with zero attached hydrogens (tertiary/aromatic N) is 3. The summed E-state index contributed by atoms with van der Waals surface area (Å²) >= 11 is 7.16. The highest BCUT2D eigenvalue weighted by Gasteiger charge is 2.20. The van der Waals surface area contributed by atoms with Crippen molar-refractivity contribution in [2.75, 3.05) is 18.2 Å². The number of carbonyl (C=O) groups is 2. The van der Waals surface area contributed by atoms with Gasteiger partial charge < -0.3 is 19.9 Å². The van der Waals surface area contributed by atoms with Gasteiger partial charge in [-0.05, 0) is 50.2 Å². The molecule has 0 aliphatic carbocycles. The normalized spacial score (nSPS) is 11.6. The molecule has 0 spiro atoms. The van der Waals surface area contributed by atoms with Gasteiger partial charge in [-0.2, -0.15) is 0 Å². The lowest BCUT2D eigenvalue weighted by molar-refractivity contribution is -0.113. The fourth-order valence-corrected chi connectivity index (χ4v) is 3.93. The largest absolute Gasteiger partial charge is 0.497 e. The predicted octanol–water partition coefficient (Wildman–Crippen LogP) is 4.18. The smallest absolute Gasteiger partial charge is 0.251 e. The van der Waals surface area contributed by atoms with Gasteiger partial charge in [0.25, 0.3) is 5.91 Å². The minimum absolute atomic E-state index is 0.167. The number of ether oxygens (including phenoxy) is 1. The summed E-state index contributed by atoms with van der Waals surface area (Å²) in [5.41, 5.74) is 1.17. The third-order valence-electron chi connectivity index (χ3n) is 4.59. The summed E-state index contributed by atoms with van der Waals surface area (Å²) < 4.78 is 7.05. The number of hydrogen-bond acceptors (Lipinski definition) is 6. The van der Waals surface area contributed by atoms with E-state index in [-0.39, 0.29) is 23.6 Å². The highest BCUT2D eigenvalue weighted by atomic mass is 35.5. The summed E-state index contributed by atoms with van der Waals surface area (Å²) in [4.78, 5) is 24.9. The molecule has 0 radical (unpaired) electrons. The third-order valence-corrected chi connectivity index (χ3v) is 5.81. The summed E-state index contributed by atoms with van der Waals surface area (Å²) in [6.07, 6.45) is 0. The van der Waals surface area contributed by atoms with Crippen LogP contribution in [0.1, 0.15) is 36.1 Å². The molecule has 1 atom stereocenters. The molecule has 0 aliphatic rings. The Labute approximate surface area is 195 Å². The number of aromatic nitrogens is 3. The maximum absolute atomic E-state index is 12.5. The van der Waals surface area contributed by atoms with Crippen molar-refractivity contribution in [1.29, 1.82) is 0 Å². The second-order valence-corrected chi connectivity index (χ2v) is 8.23. The third kappa shape index (κ3) is 6.02. The van der Waals surface area contributed by atoms with Crippen LogP contribution in [0.25, 0.3) is 0 Å². The van der Waals surface area contributed by atoms with E-state index in [0.29, 0.717) is 39.5 Å². The van der Waals surface area contributed by atoms with Gasteiger partial charge in [-0.15, -0.1) is 10.2 Å². The summed E-state index contributed by atoms with van der Waals surface area (Å²) in [6.45, 7) is 4.40. The van der Waals surface area contributed by atoms with Gasteiger partial charge in [0, 0.05) is 28.9 Å². The number of rotatable bonds is 9. The van der Waals surface area contributed by atoms with Crippen LogP contribution in [-0.2, 0) is 11.3 Å². The highest BCUT2D eigenvalue weighted by molar-refractivity contribution is 7.99. The number of thioether (sulfide) groups is 1. The second kappa shape index (κ2) is 11.0. The molecule has 3 rings (SSSR count). The summed E-state index contributed by atoms with van der Waals surface area (Å²) in [5.74, 6) is 1.05. The number of amides is 2. The molecule has 0 fully saturated rings. The molecule has 168 valence electrons. The zero-order chi connectivity index (χ0) is 23.1. The zero-order valence-electron chi connectivity index (χ0n) is 18.0. The lowest BCUT2D eigenvalue weighted by Crippen LogP contribution is -2.28. The van der Waals surface area contributed by atoms with E-state index in [0.717, 1.165) is 0 Å². The average molecular weight is 474 g/mol. The van der Waals surface area contributed by atoms with E-state index >= 15 is 0 Å². The number of hydrogen-bond donors (Lipinski definition) is 2. The first kappa shape index (κ1) is 23.6. The second-order valence-electron chi connectivity index (χ2n) is 6.86. The van der Waals surface area contributed by atoms with Crippen LogP contribution in [0.3, 0.4) is 0 Å². The first-order chi connectivity index (χ1) is 15.4. The van der Waals surface area contributed by atoms with Crippen LogP contribution in [0.4, 0.5) is 5.69 Å². The van der Waals surface area contributed by atoms with Crippen LogP contribution in [0.5, 0.6) is 5.75 Å². The Hall–Kier alpha value is -3.04. The summed E-state index contributed by atoms with van der Waals surface area (Å²) in [5, 5.41) is 15.4. The van der Waals surface area contributed by atoms with E-state index < -0.39 is 0 Å². The molecule has 0 unspecified atom stereocenters. The monoisotopic (exact) mass is 473 g/mol. The number of anilines is 1. The van der Waals surface area contributed by atoms with E-state index in [1.54, 1.807) is 49.6 Å². The topological polar surface area (TPSA) is 98.1 Å². The van der Waals surface area contributed by atoms with Crippen molar-refractivity contribution < 1.29 is 14.3 Å². The number of benzene rings is 2. The van der Waals surface area contributed by atoms with Gasteiger partial charge in [0.1, 0.15) is 5.75 Å². The molecular formula is C22H24ClN5O3S. The zero-order valence-corrected chi connectivity index (χ0v) is 19.5. The van der Waals surface area contributed by atoms with Crippen LogP contribution in [-0.4, -0.2) is 39.4 Å². The van der Waals surface area contributed by atoms with Crippen LogP contribution in [0.15, 0.2) is 53.7 Å². The molecule has 0 bridgehead atoms. The minimum Gasteiger partial charge on any atom is -0.497 e.